The van der Waals surface area contributed by atoms with Crippen molar-refractivity contribution in [2.24, 2.45) is 0 Å². The van der Waals surface area contributed by atoms with E-state index in [1.807, 2.05) is 24.3 Å². The molecular weight excluding hydrogens is 367 g/mol. The highest BCUT2D eigenvalue weighted by atomic mass is 35.5. The normalized spacial score (nSPS) is 15.8. The van der Waals surface area contributed by atoms with Crippen LogP contribution in [-0.4, -0.2) is 13.2 Å². The van der Waals surface area contributed by atoms with Crippen LogP contribution in [0.4, 0.5) is 0 Å². The Morgan fingerprint density at radius 2 is 1.04 bits per heavy atom. The number of hydrogen-bond donors (Lipinski definition) is 0. The number of fused-ring (bicyclic) bond motifs is 5. The molecule has 0 aliphatic carbocycles. The summed E-state index contributed by atoms with van der Waals surface area (Å²) in [4.78, 5) is 0. The van der Waals surface area contributed by atoms with Crippen LogP contribution in [0.2, 0.25) is 0 Å². The number of hydrogen-bond acceptors (Lipinski definition) is 2. The highest BCUT2D eigenvalue weighted by Crippen LogP contribution is 2.35. The van der Waals surface area contributed by atoms with Gasteiger partial charge in [-0.15, -0.1) is 23.2 Å². The molecule has 0 amide bonds. The monoisotopic (exact) mass is 392 g/mol. The predicted octanol–water partition coefficient (Wildman–Crippen LogP) is 6.94. The molecule has 1 aliphatic rings. The summed E-state index contributed by atoms with van der Waals surface area (Å²) in [6.07, 6.45) is 7.12. The lowest BCUT2D eigenvalue weighted by molar-refractivity contribution is 0.296. The third-order valence-electron chi connectivity index (χ3n) is 4.82. The third kappa shape index (κ3) is 5.08. The van der Waals surface area contributed by atoms with Crippen molar-refractivity contribution in [3.63, 3.8) is 0 Å². The summed E-state index contributed by atoms with van der Waals surface area (Å²) in [7, 11) is 0. The Hall–Kier alpha value is -1.38. The highest BCUT2D eigenvalue weighted by molar-refractivity contribution is 6.18. The molecule has 0 N–H and O–H groups in total. The van der Waals surface area contributed by atoms with Crippen molar-refractivity contribution in [2.75, 3.05) is 13.2 Å². The van der Waals surface area contributed by atoms with Crippen LogP contribution in [-0.2, 0) is 11.8 Å². The van der Waals surface area contributed by atoms with Crippen LogP contribution in [0.3, 0.4) is 0 Å². The minimum Gasteiger partial charge on any atom is -0.494 e. The van der Waals surface area contributed by atoms with Crippen molar-refractivity contribution < 1.29 is 9.47 Å². The molecule has 1 aliphatic heterocycles. The van der Waals surface area contributed by atoms with Crippen molar-refractivity contribution in [2.45, 2.75) is 50.3 Å². The molecule has 0 fully saturated rings. The van der Waals surface area contributed by atoms with Crippen molar-refractivity contribution in [1.29, 1.82) is 0 Å². The molecule has 0 saturated heterocycles. The van der Waals surface area contributed by atoms with Crippen molar-refractivity contribution in [3.8, 4) is 22.6 Å². The van der Waals surface area contributed by atoms with Gasteiger partial charge in [-0.1, -0.05) is 37.8 Å². The van der Waals surface area contributed by atoms with Gasteiger partial charge in [0, 0.05) is 11.8 Å². The number of benzene rings is 2. The Bertz CT molecular complexity index is 654. The number of halogens is 2. The molecule has 0 unspecified atom stereocenters. The van der Waals surface area contributed by atoms with E-state index in [0.717, 1.165) is 59.8 Å². The van der Waals surface area contributed by atoms with Gasteiger partial charge in [0.1, 0.15) is 11.5 Å². The Balaban J connectivity index is 1.99. The smallest absolute Gasteiger partial charge is 0.119 e. The first-order valence-corrected chi connectivity index (χ1v) is 10.5. The Morgan fingerprint density at radius 1 is 0.615 bits per heavy atom. The van der Waals surface area contributed by atoms with Gasteiger partial charge in [-0.05, 0) is 59.4 Å². The molecule has 0 radical (unpaired) electrons. The van der Waals surface area contributed by atoms with E-state index in [9.17, 15) is 0 Å². The fourth-order valence-electron chi connectivity index (χ4n) is 3.32. The summed E-state index contributed by atoms with van der Waals surface area (Å²) >= 11 is 12.4. The van der Waals surface area contributed by atoms with Crippen molar-refractivity contribution in [1.82, 2.24) is 0 Å². The highest BCUT2D eigenvalue weighted by Gasteiger charge is 2.13. The van der Waals surface area contributed by atoms with Gasteiger partial charge >= 0.3 is 0 Å². The van der Waals surface area contributed by atoms with Gasteiger partial charge in [-0.25, -0.2) is 0 Å². The molecule has 3 rings (SSSR count). The van der Waals surface area contributed by atoms with Gasteiger partial charge in [0.2, 0.25) is 0 Å². The van der Waals surface area contributed by atoms with Crippen LogP contribution in [0.25, 0.3) is 11.1 Å². The molecule has 0 saturated carbocycles. The maximum absolute atomic E-state index is 6.20. The minimum atomic E-state index is 0.447. The van der Waals surface area contributed by atoms with Crippen LogP contribution in [0.1, 0.15) is 49.7 Å². The second kappa shape index (κ2) is 10.1. The molecular formula is C22H26Cl2O2. The summed E-state index contributed by atoms with van der Waals surface area (Å²) in [5.41, 5.74) is 4.30. The largest absolute Gasteiger partial charge is 0.494 e. The maximum Gasteiger partial charge on any atom is 0.119 e. The summed E-state index contributed by atoms with van der Waals surface area (Å²) < 4.78 is 12.0. The zero-order chi connectivity index (χ0) is 18.2. The van der Waals surface area contributed by atoms with Crippen LogP contribution in [0.5, 0.6) is 11.5 Å². The lowest BCUT2D eigenvalue weighted by Gasteiger charge is -2.16. The third-order valence-corrected chi connectivity index (χ3v) is 5.39. The second-order valence-electron chi connectivity index (χ2n) is 6.72. The SMILES string of the molecule is ClCc1ccc2cc1-c1cc(ccc1CCl)OCCCCCCCCO2. The molecule has 2 nitrogen and oxygen atoms in total. The molecule has 4 bridgehead atoms. The van der Waals surface area contributed by atoms with E-state index in [0.29, 0.717) is 11.8 Å². The number of rotatable bonds is 2. The molecule has 0 spiro atoms. The number of ether oxygens (including phenoxy) is 2. The fraction of sp³-hybridized carbons (Fsp3) is 0.455. The molecule has 0 aromatic heterocycles. The Labute approximate surface area is 166 Å². The summed E-state index contributed by atoms with van der Waals surface area (Å²) in [6.45, 7) is 1.51. The maximum atomic E-state index is 6.20. The Kier molecular flexibility index (Phi) is 7.52. The second-order valence-corrected chi connectivity index (χ2v) is 7.26. The van der Waals surface area contributed by atoms with E-state index in [4.69, 9.17) is 32.7 Å². The quantitative estimate of drug-likeness (QED) is 0.515. The minimum absolute atomic E-state index is 0.447. The predicted molar refractivity (Wildman–Crippen MR) is 110 cm³/mol. The van der Waals surface area contributed by atoms with E-state index in [1.165, 1.54) is 25.7 Å². The van der Waals surface area contributed by atoms with Gasteiger partial charge in [-0.3, -0.25) is 0 Å². The standard InChI is InChI=1S/C22H26Cl2O2/c23-15-17-7-9-19-13-21(17)22-14-20(10-8-18(22)16-24)26-12-6-4-2-1-3-5-11-25-19/h7-10,13-14H,1-6,11-12,15-16H2. The average Bonchev–Trinajstić information content (AvgIpc) is 2.68. The van der Waals surface area contributed by atoms with E-state index < -0.39 is 0 Å². The van der Waals surface area contributed by atoms with E-state index >= 15 is 0 Å². The molecule has 4 heteroatoms. The number of alkyl halides is 2. The molecule has 26 heavy (non-hydrogen) atoms. The summed E-state index contributed by atoms with van der Waals surface area (Å²) in [5, 5.41) is 0. The first-order valence-electron chi connectivity index (χ1n) is 9.45. The zero-order valence-corrected chi connectivity index (χ0v) is 16.6. The van der Waals surface area contributed by atoms with Crippen LogP contribution in [0.15, 0.2) is 36.4 Å². The molecule has 1 heterocycles. The fourth-order valence-corrected chi connectivity index (χ4v) is 3.78. The van der Waals surface area contributed by atoms with E-state index in [-0.39, 0.29) is 0 Å². The first kappa shape index (κ1) is 19.4. The lowest BCUT2D eigenvalue weighted by Crippen LogP contribution is -2.01. The zero-order valence-electron chi connectivity index (χ0n) is 15.1. The van der Waals surface area contributed by atoms with Gasteiger partial charge in [0.15, 0.2) is 0 Å². The lowest BCUT2D eigenvalue weighted by atomic mass is 9.96. The Morgan fingerprint density at radius 3 is 1.46 bits per heavy atom. The van der Waals surface area contributed by atoms with Crippen LogP contribution >= 0.6 is 23.2 Å². The topological polar surface area (TPSA) is 18.5 Å². The van der Waals surface area contributed by atoms with Gasteiger partial charge in [0.25, 0.3) is 0 Å². The average molecular weight is 393 g/mol. The van der Waals surface area contributed by atoms with Crippen molar-refractivity contribution in [3.05, 3.63) is 47.5 Å². The first-order chi connectivity index (χ1) is 12.8. The van der Waals surface area contributed by atoms with E-state index in [1.54, 1.807) is 0 Å². The van der Waals surface area contributed by atoms with Gasteiger partial charge in [0.05, 0.1) is 13.2 Å². The van der Waals surface area contributed by atoms with Crippen LogP contribution in [0, 0.1) is 0 Å². The van der Waals surface area contributed by atoms with E-state index in [2.05, 4.69) is 12.1 Å². The van der Waals surface area contributed by atoms with Crippen LogP contribution < -0.4 is 9.47 Å². The van der Waals surface area contributed by atoms with Gasteiger partial charge < -0.3 is 9.47 Å². The molecule has 140 valence electrons. The van der Waals surface area contributed by atoms with Crippen molar-refractivity contribution >= 4 is 23.2 Å². The van der Waals surface area contributed by atoms with Gasteiger partial charge in [-0.2, -0.15) is 0 Å². The summed E-state index contributed by atoms with van der Waals surface area (Å²) in [5.74, 6) is 2.66. The molecule has 0 atom stereocenters. The summed E-state index contributed by atoms with van der Waals surface area (Å²) in [6, 6.07) is 12.3. The molecule has 2 aromatic carbocycles. The molecule has 2 aromatic rings.